The van der Waals surface area contributed by atoms with E-state index >= 15 is 0 Å². The molecule has 12 heavy (non-hydrogen) atoms. The molecule has 0 aliphatic heterocycles. The number of benzene rings is 2. The van der Waals surface area contributed by atoms with Crippen LogP contribution in [-0.4, -0.2) is 7.85 Å². The van der Waals surface area contributed by atoms with E-state index in [9.17, 15) is 0 Å². The van der Waals surface area contributed by atoms with Crippen molar-refractivity contribution in [1.29, 1.82) is 0 Å². The van der Waals surface area contributed by atoms with Crippen LogP contribution in [0, 0.1) is 0 Å². The SMILES string of the molecule is Bc1ccc2c(N)cccc2c1. The summed E-state index contributed by atoms with van der Waals surface area (Å²) in [6.45, 7) is 0. The Bertz CT molecular complexity index is 423. The Kier molecular flexibility index (Phi) is 1.54. The molecule has 0 spiro atoms. The molecule has 1 nitrogen and oxygen atoms in total. The molecule has 0 radical (unpaired) electrons. The van der Waals surface area contributed by atoms with Gasteiger partial charge in [-0.25, -0.2) is 0 Å². The molecule has 0 aliphatic rings. The first kappa shape index (κ1) is 7.23. The predicted octanol–water partition coefficient (Wildman–Crippen LogP) is 0.680. The van der Waals surface area contributed by atoms with E-state index in [2.05, 4.69) is 32.1 Å². The Hall–Kier alpha value is -1.44. The fraction of sp³-hybridized carbons (Fsp3) is 0. The minimum atomic E-state index is 0.854. The van der Waals surface area contributed by atoms with Gasteiger partial charge < -0.3 is 5.73 Å². The van der Waals surface area contributed by atoms with Gasteiger partial charge in [-0.1, -0.05) is 35.8 Å². The van der Waals surface area contributed by atoms with Crippen molar-refractivity contribution in [3.63, 3.8) is 0 Å². The number of anilines is 1. The van der Waals surface area contributed by atoms with Gasteiger partial charge in [-0.3, -0.25) is 0 Å². The Labute approximate surface area is 72.6 Å². The third-order valence-corrected chi connectivity index (χ3v) is 2.07. The zero-order valence-corrected chi connectivity index (χ0v) is 7.04. The third kappa shape index (κ3) is 1.05. The van der Waals surface area contributed by atoms with Gasteiger partial charge in [0.1, 0.15) is 7.85 Å². The first-order chi connectivity index (χ1) is 5.77. The quantitative estimate of drug-likeness (QED) is 0.439. The molecule has 2 heteroatoms. The van der Waals surface area contributed by atoms with Crippen molar-refractivity contribution in [2.24, 2.45) is 0 Å². The van der Waals surface area contributed by atoms with Crippen LogP contribution >= 0.6 is 0 Å². The van der Waals surface area contributed by atoms with Gasteiger partial charge in [-0.2, -0.15) is 0 Å². The summed E-state index contributed by atoms with van der Waals surface area (Å²) in [5.41, 5.74) is 7.93. The lowest BCUT2D eigenvalue weighted by Gasteiger charge is -2.01. The maximum absolute atomic E-state index is 5.81. The Morgan fingerprint density at radius 1 is 1.08 bits per heavy atom. The van der Waals surface area contributed by atoms with Gasteiger partial charge in [0.2, 0.25) is 0 Å². The van der Waals surface area contributed by atoms with Gasteiger partial charge in [-0.05, 0) is 11.5 Å². The van der Waals surface area contributed by atoms with E-state index in [0.717, 1.165) is 11.1 Å². The molecule has 0 saturated heterocycles. The molecule has 0 heterocycles. The molecule has 2 aromatic carbocycles. The van der Waals surface area contributed by atoms with Gasteiger partial charge >= 0.3 is 0 Å². The summed E-state index contributed by atoms with van der Waals surface area (Å²) in [6, 6.07) is 12.3. The second-order valence-corrected chi connectivity index (χ2v) is 3.07. The van der Waals surface area contributed by atoms with Crippen LogP contribution in [0.2, 0.25) is 0 Å². The molecule has 2 aromatic rings. The number of nitrogens with two attached hydrogens (primary N) is 1. The lowest BCUT2D eigenvalue weighted by Crippen LogP contribution is -2.00. The van der Waals surface area contributed by atoms with E-state index in [1.165, 1.54) is 10.8 Å². The summed E-state index contributed by atoms with van der Waals surface area (Å²) in [5.74, 6) is 0. The molecular weight excluding hydrogens is 145 g/mol. The molecule has 0 unspecified atom stereocenters. The minimum absolute atomic E-state index is 0.854. The minimum Gasteiger partial charge on any atom is -0.398 e. The first-order valence-electron chi connectivity index (χ1n) is 4.02. The number of hydrogen-bond donors (Lipinski definition) is 1. The molecule has 2 rings (SSSR count). The molecule has 0 atom stereocenters. The summed E-state index contributed by atoms with van der Waals surface area (Å²) < 4.78 is 0. The molecule has 0 saturated carbocycles. The van der Waals surface area contributed by atoms with Crippen molar-refractivity contribution in [3.05, 3.63) is 36.4 Å². The molecule has 58 valence electrons. The van der Waals surface area contributed by atoms with E-state index < -0.39 is 0 Å². The average molecular weight is 155 g/mol. The Morgan fingerprint density at radius 3 is 2.75 bits per heavy atom. The van der Waals surface area contributed by atoms with Crippen LogP contribution in [0.5, 0.6) is 0 Å². The Balaban J connectivity index is 2.86. The second kappa shape index (κ2) is 2.56. The highest BCUT2D eigenvalue weighted by molar-refractivity contribution is 6.33. The first-order valence-corrected chi connectivity index (χ1v) is 4.02. The zero-order chi connectivity index (χ0) is 8.55. The van der Waals surface area contributed by atoms with E-state index in [1.807, 2.05) is 12.1 Å². The van der Waals surface area contributed by atoms with Gasteiger partial charge in [-0.15, -0.1) is 0 Å². The molecule has 0 fully saturated rings. The highest BCUT2D eigenvalue weighted by Crippen LogP contribution is 2.18. The Morgan fingerprint density at radius 2 is 1.92 bits per heavy atom. The summed E-state index contributed by atoms with van der Waals surface area (Å²) in [5, 5.41) is 2.36. The number of nitrogen functional groups attached to an aromatic ring is 1. The second-order valence-electron chi connectivity index (χ2n) is 3.07. The van der Waals surface area contributed by atoms with Crippen LogP contribution in [0.3, 0.4) is 0 Å². The maximum atomic E-state index is 5.81. The molecule has 0 aliphatic carbocycles. The standard InChI is InChI=1S/C10H10BN/c11-8-4-5-9-7(6-8)2-1-3-10(9)12/h1-6H,11-12H2. The predicted molar refractivity (Wildman–Crippen MR) is 56.5 cm³/mol. The van der Waals surface area contributed by atoms with Crippen LogP contribution in [0.25, 0.3) is 10.8 Å². The molecule has 0 aromatic heterocycles. The highest BCUT2D eigenvalue weighted by atomic mass is 14.5. The third-order valence-electron chi connectivity index (χ3n) is 2.07. The summed E-state index contributed by atoms with van der Waals surface area (Å²) in [7, 11) is 2.09. The average Bonchev–Trinajstić information content (AvgIpc) is 2.04. The van der Waals surface area contributed by atoms with Crippen molar-refractivity contribution in [1.82, 2.24) is 0 Å². The smallest absolute Gasteiger partial charge is 0.139 e. The topological polar surface area (TPSA) is 26.0 Å². The fourth-order valence-electron chi connectivity index (χ4n) is 1.43. The van der Waals surface area contributed by atoms with Gasteiger partial charge in [0.15, 0.2) is 0 Å². The monoisotopic (exact) mass is 155 g/mol. The van der Waals surface area contributed by atoms with E-state index in [-0.39, 0.29) is 0 Å². The van der Waals surface area contributed by atoms with Crippen molar-refractivity contribution in [3.8, 4) is 0 Å². The molecule has 0 amide bonds. The van der Waals surface area contributed by atoms with Gasteiger partial charge in [0, 0.05) is 11.1 Å². The lowest BCUT2D eigenvalue weighted by atomic mass is 9.93. The van der Waals surface area contributed by atoms with E-state index in [4.69, 9.17) is 5.73 Å². The van der Waals surface area contributed by atoms with Gasteiger partial charge in [0.25, 0.3) is 0 Å². The van der Waals surface area contributed by atoms with Crippen molar-refractivity contribution in [2.45, 2.75) is 0 Å². The normalized spacial score (nSPS) is 10.3. The van der Waals surface area contributed by atoms with E-state index in [1.54, 1.807) is 0 Å². The summed E-state index contributed by atoms with van der Waals surface area (Å²) >= 11 is 0. The van der Waals surface area contributed by atoms with Crippen LogP contribution in [0.4, 0.5) is 5.69 Å². The van der Waals surface area contributed by atoms with Crippen LogP contribution in [-0.2, 0) is 0 Å². The molecular formula is C10H10BN. The highest BCUT2D eigenvalue weighted by Gasteiger charge is 1.95. The molecule has 0 bridgehead atoms. The van der Waals surface area contributed by atoms with Crippen LogP contribution in [0.15, 0.2) is 36.4 Å². The lowest BCUT2D eigenvalue weighted by molar-refractivity contribution is 1.75. The van der Waals surface area contributed by atoms with Crippen molar-refractivity contribution < 1.29 is 0 Å². The zero-order valence-electron chi connectivity index (χ0n) is 7.04. The van der Waals surface area contributed by atoms with Crippen LogP contribution in [0.1, 0.15) is 0 Å². The van der Waals surface area contributed by atoms with Crippen LogP contribution < -0.4 is 11.2 Å². The maximum Gasteiger partial charge on any atom is 0.139 e. The molecule has 2 N–H and O–H groups in total. The summed E-state index contributed by atoms with van der Waals surface area (Å²) in [4.78, 5) is 0. The largest absolute Gasteiger partial charge is 0.398 e. The van der Waals surface area contributed by atoms with Crippen molar-refractivity contribution in [2.75, 3.05) is 5.73 Å². The van der Waals surface area contributed by atoms with Gasteiger partial charge in [0.05, 0.1) is 0 Å². The summed E-state index contributed by atoms with van der Waals surface area (Å²) in [6.07, 6.45) is 0. The number of hydrogen-bond acceptors (Lipinski definition) is 1. The fourth-order valence-corrected chi connectivity index (χ4v) is 1.43. The number of fused-ring (bicyclic) bond motifs is 1. The van der Waals surface area contributed by atoms with E-state index in [0.29, 0.717) is 0 Å². The number of rotatable bonds is 0. The van der Waals surface area contributed by atoms with Crippen molar-refractivity contribution >= 4 is 29.8 Å².